The van der Waals surface area contributed by atoms with Gasteiger partial charge in [0.2, 0.25) is 5.91 Å². The van der Waals surface area contributed by atoms with Crippen molar-refractivity contribution in [3.05, 3.63) is 34.9 Å². The van der Waals surface area contributed by atoms with Gasteiger partial charge in [0.25, 0.3) is 5.91 Å². The molecule has 1 N–H and O–H groups in total. The summed E-state index contributed by atoms with van der Waals surface area (Å²) in [5.74, 6) is 0.0613. The average molecular weight is 338 g/mol. The molecule has 1 aromatic rings. The van der Waals surface area contributed by atoms with Gasteiger partial charge in [0, 0.05) is 43.3 Å². The fourth-order valence-corrected chi connectivity index (χ4v) is 2.85. The number of benzene rings is 1. The first-order chi connectivity index (χ1) is 11.1. The molecular weight excluding hydrogens is 314 g/mol. The van der Waals surface area contributed by atoms with Crippen LogP contribution in [0, 0.1) is 0 Å². The number of halogens is 1. The molecule has 0 bridgehead atoms. The van der Waals surface area contributed by atoms with Crippen LogP contribution in [0.1, 0.15) is 30.1 Å². The van der Waals surface area contributed by atoms with Gasteiger partial charge in [0.1, 0.15) is 0 Å². The molecule has 1 fully saturated rings. The maximum absolute atomic E-state index is 12.5. The lowest BCUT2D eigenvalue weighted by molar-refractivity contribution is -0.122. The van der Waals surface area contributed by atoms with Gasteiger partial charge < -0.3 is 10.2 Å². The van der Waals surface area contributed by atoms with Gasteiger partial charge in [-0.1, -0.05) is 24.6 Å². The second-order valence-electron chi connectivity index (χ2n) is 5.78. The molecule has 2 rings (SSSR count). The molecule has 0 saturated carbocycles. The first-order valence-corrected chi connectivity index (χ1v) is 8.52. The highest BCUT2D eigenvalue weighted by atomic mass is 35.5. The van der Waals surface area contributed by atoms with Crippen molar-refractivity contribution in [3.63, 3.8) is 0 Å². The van der Waals surface area contributed by atoms with E-state index in [0.717, 1.165) is 19.4 Å². The van der Waals surface area contributed by atoms with Crippen LogP contribution in [0.5, 0.6) is 0 Å². The number of nitrogens with one attached hydrogen (secondary N) is 1. The van der Waals surface area contributed by atoms with Crippen LogP contribution in [0.15, 0.2) is 24.3 Å². The van der Waals surface area contributed by atoms with Crippen molar-refractivity contribution in [1.29, 1.82) is 0 Å². The lowest BCUT2D eigenvalue weighted by Crippen LogP contribution is -2.40. The Hall–Kier alpha value is -1.59. The summed E-state index contributed by atoms with van der Waals surface area (Å²) in [6, 6.07) is 7.04. The number of carbonyl (C=O) groups excluding carboxylic acids is 2. The first kappa shape index (κ1) is 17.8. The smallest absolute Gasteiger partial charge is 0.253 e. The minimum Gasteiger partial charge on any atom is -0.355 e. The van der Waals surface area contributed by atoms with E-state index in [0.29, 0.717) is 43.3 Å². The Morgan fingerprint density at radius 3 is 2.78 bits per heavy atom. The fourth-order valence-electron chi connectivity index (χ4n) is 2.66. The van der Waals surface area contributed by atoms with Crippen LogP contribution >= 0.6 is 11.6 Å². The van der Waals surface area contributed by atoms with E-state index in [1.807, 2.05) is 11.8 Å². The van der Waals surface area contributed by atoms with Crippen molar-refractivity contribution in [2.45, 2.75) is 19.8 Å². The molecule has 0 spiro atoms. The van der Waals surface area contributed by atoms with Crippen molar-refractivity contribution < 1.29 is 9.59 Å². The van der Waals surface area contributed by atoms with Gasteiger partial charge in [0.15, 0.2) is 0 Å². The van der Waals surface area contributed by atoms with Crippen LogP contribution in [-0.2, 0) is 4.79 Å². The summed E-state index contributed by atoms with van der Waals surface area (Å²) in [7, 11) is 0. The maximum Gasteiger partial charge on any atom is 0.253 e. The standard InChI is InChI=1S/C17H24ClN3O2/c1-2-7-19-16(22)13-20-8-4-9-21(11-10-20)17(23)14-5-3-6-15(18)12-14/h3,5-6,12H,2,4,7-11,13H2,1H3,(H,19,22). The number of hydrogen-bond donors (Lipinski definition) is 1. The number of rotatable bonds is 5. The molecule has 0 radical (unpaired) electrons. The monoisotopic (exact) mass is 337 g/mol. The second-order valence-corrected chi connectivity index (χ2v) is 6.22. The number of hydrogen-bond acceptors (Lipinski definition) is 3. The van der Waals surface area contributed by atoms with Crippen molar-refractivity contribution >= 4 is 23.4 Å². The van der Waals surface area contributed by atoms with Crippen LogP contribution in [0.25, 0.3) is 0 Å². The Kier molecular flexibility index (Phi) is 6.86. The molecule has 0 unspecified atom stereocenters. The topological polar surface area (TPSA) is 52.7 Å². The number of carbonyl (C=O) groups is 2. The maximum atomic E-state index is 12.5. The lowest BCUT2D eigenvalue weighted by Gasteiger charge is -2.22. The van der Waals surface area contributed by atoms with Crippen molar-refractivity contribution in [3.8, 4) is 0 Å². The predicted molar refractivity (Wildman–Crippen MR) is 91.7 cm³/mol. The molecule has 0 aromatic heterocycles. The lowest BCUT2D eigenvalue weighted by atomic mass is 10.2. The van der Waals surface area contributed by atoms with Crippen LogP contribution in [0.3, 0.4) is 0 Å². The van der Waals surface area contributed by atoms with Gasteiger partial charge in [-0.25, -0.2) is 0 Å². The summed E-state index contributed by atoms with van der Waals surface area (Å²) in [5, 5.41) is 3.46. The Morgan fingerprint density at radius 2 is 2.04 bits per heavy atom. The van der Waals surface area contributed by atoms with Gasteiger partial charge in [-0.2, -0.15) is 0 Å². The van der Waals surface area contributed by atoms with Gasteiger partial charge >= 0.3 is 0 Å². The third-order valence-corrected chi connectivity index (χ3v) is 4.12. The molecule has 5 nitrogen and oxygen atoms in total. The van der Waals surface area contributed by atoms with E-state index in [1.165, 1.54) is 0 Å². The van der Waals surface area contributed by atoms with Crippen LogP contribution < -0.4 is 5.32 Å². The molecule has 1 saturated heterocycles. The molecule has 2 amide bonds. The van der Waals surface area contributed by atoms with E-state index in [4.69, 9.17) is 11.6 Å². The number of amides is 2. The third-order valence-electron chi connectivity index (χ3n) is 3.89. The molecule has 1 aromatic carbocycles. The Bertz CT molecular complexity index is 550. The van der Waals surface area contributed by atoms with Crippen molar-refractivity contribution in [2.24, 2.45) is 0 Å². The van der Waals surface area contributed by atoms with Gasteiger partial charge in [0.05, 0.1) is 6.54 Å². The van der Waals surface area contributed by atoms with Crippen molar-refractivity contribution in [1.82, 2.24) is 15.1 Å². The van der Waals surface area contributed by atoms with E-state index < -0.39 is 0 Å². The highest BCUT2D eigenvalue weighted by Crippen LogP contribution is 2.14. The van der Waals surface area contributed by atoms with Crippen molar-refractivity contribution in [2.75, 3.05) is 39.3 Å². The zero-order valence-corrected chi connectivity index (χ0v) is 14.3. The molecule has 0 aliphatic carbocycles. The molecule has 0 atom stereocenters. The zero-order valence-electron chi connectivity index (χ0n) is 13.6. The predicted octanol–water partition coefficient (Wildman–Crippen LogP) is 2.01. The summed E-state index contributed by atoms with van der Waals surface area (Å²) in [5.41, 5.74) is 0.617. The Labute approximate surface area is 142 Å². The Balaban J connectivity index is 1.88. The minimum atomic E-state index is 0.00443. The summed E-state index contributed by atoms with van der Waals surface area (Å²) in [6.07, 6.45) is 1.81. The number of nitrogens with zero attached hydrogens (tertiary/aromatic N) is 2. The first-order valence-electron chi connectivity index (χ1n) is 8.14. The quantitative estimate of drug-likeness (QED) is 0.894. The second kappa shape index (κ2) is 8.89. The van der Waals surface area contributed by atoms with E-state index in [2.05, 4.69) is 10.2 Å². The summed E-state index contributed by atoms with van der Waals surface area (Å²) >= 11 is 5.96. The zero-order chi connectivity index (χ0) is 16.7. The van der Waals surface area contributed by atoms with Crippen LogP contribution in [0.4, 0.5) is 0 Å². The molecule has 23 heavy (non-hydrogen) atoms. The molecular formula is C17H24ClN3O2. The normalized spacial score (nSPS) is 16.0. The van der Waals surface area contributed by atoms with Gasteiger partial charge in [-0.15, -0.1) is 0 Å². The third kappa shape index (κ3) is 5.52. The van der Waals surface area contributed by atoms with E-state index >= 15 is 0 Å². The largest absolute Gasteiger partial charge is 0.355 e. The Morgan fingerprint density at radius 1 is 1.22 bits per heavy atom. The highest BCUT2D eigenvalue weighted by molar-refractivity contribution is 6.30. The summed E-state index contributed by atoms with van der Waals surface area (Å²) in [4.78, 5) is 28.3. The molecule has 1 aliphatic heterocycles. The van der Waals surface area contributed by atoms with Crippen LogP contribution in [0.2, 0.25) is 5.02 Å². The summed E-state index contributed by atoms with van der Waals surface area (Å²) in [6.45, 7) is 6.03. The summed E-state index contributed by atoms with van der Waals surface area (Å²) < 4.78 is 0. The van der Waals surface area contributed by atoms with Crippen LogP contribution in [-0.4, -0.2) is 60.9 Å². The molecule has 6 heteroatoms. The van der Waals surface area contributed by atoms with E-state index in [1.54, 1.807) is 24.3 Å². The fraction of sp³-hybridized carbons (Fsp3) is 0.529. The van der Waals surface area contributed by atoms with E-state index in [9.17, 15) is 9.59 Å². The molecule has 1 heterocycles. The SMILES string of the molecule is CCCNC(=O)CN1CCCN(C(=O)c2cccc(Cl)c2)CC1. The van der Waals surface area contributed by atoms with Gasteiger partial charge in [-0.3, -0.25) is 14.5 Å². The van der Waals surface area contributed by atoms with Gasteiger partial charge in [-0.05, 0) is 31.0 Å². The average Bonchev–Trinajstić information content (AvgIpc) is 2.78. The molecule has 126 valence electrons. The molecule has 1 aliphatic rings. The minimum absolute atomic E-state index is 0.00443. The highest BCUT2D eigenvalue weighted by Gasteiger charge is 2.21. The van der Waals surface area contributed by atoms with E-state index in [-0.39, 0.29) is 11.8 Å².